The molecule has 1 nitrogen and oxygen atoms in total. The fraction of sp³-hybridized carbons (Fsp3) is 0.857. The SMILES string of the molecule is CCCNC(C1=CCCC1)C(C)C1CC1. The largest absolute Gasteiger partial charge is 0.310 e. The lowest BCUT2D eigenvalue weighted by Gasteiger charge is -2.26. The maximum absolute atomic E-state index is 3.76. The molecule has 2 unspecified atom stereocenters. The summed E-state index contributed by atoms with van der Waals surface area (Å²) in [6.07, 6.45) is 10.7. The first-order valence-electron chi connectivity index (χ1n) is 6.75. The second-order valence-electron chi connectivity index (χ2n) is 5.30. The van der Waals surface area contributed by atoms with Gasteiger partial charge in [0.1, 0.15) is 0 Å². The minimum absolute atomic E-state index is 0.694. The lowest BCUT2D eigenvalue weighted by atomic mass is 9.90. The Bertz CT molecular complexity index is 227. The van der Waals surface area contributed by atoms with Crippen LogP contribution >= 0.6 is 0 Å². The van der Waals surface area contributed by atoms with Crippen molar-refractivity contribution in [2.45, 2.75) is 58.4 Å². The van der Waals surface area contributed by atoms with E-state index in [1.165, 1.54) is 45.1 Å². The highest BCUT2D eigenvalue weighted by molar-refractivity contribution is 5.17. The van der Waals surface area contributed by atoms with E-state index in [9.17, 15) is 0 Å². The molecular formula is C14H25N. The first-order valence-corrected chi connectivity index (χ1v) is 6.75. The summed E-state index contributed by atoms with van der Waals surface area (Å²) in [5.41, 5.74) is 1.71. The van der Waals surface area contributed by atoms with Crippen LogP contribution in [-0.2, 0) is 0 Å². The molecule has 1 saturated carbocycles. The fourth-order valence-corrected chi connectivity index (χ4v) is 2.83. The fourth-order valence-electron chi connectivity index (χ4n) is 2.83. The zero-order valence-electron chi connectivity index (χ0n) is 10.3. The predicted molar refractivity (Wildman–Crippen MR) is 65.9 cm³/mol. The van der Waals surface area contributed by atoms with Crippen molar-refractivity contribution >= 4 is 0 Å². The van der Waals surface area contributed by atoms with Crippen LogP contribution in [0.5, 0.6) is 0 Å². The summed E-state index contributed by atoms with van der Waals surface area (Å²) in [5, 5.41) is 3.76. The van der Waals surface area contributed by atoms with Crippen molar-refractivity contribution in [1.29, 1.82) is 0 Å². The summed E-state index contributed by atoms with van der Waals surface area (Å²) in [6, 6.07) is 0.694. The third kappa shape index (κ3) is 2.84. The van der Waals surface area contributed by atoms with Crippen molar-refractivity contribution in [2.75, 3.05) is 6.54 Å². The Hall–Kier alpha value is -0.300. The molecule has 0 saturated heterocycles. The lowest BCUT2D eigenvalue weighted by molar-refractivity contribution is 0.374. The number of hydrogen-bond acceptors (Lipinski definition) is 1. The second-order valence-corrected chi connectivity index (χ2v) is 5.30. The van der Waals surface area contributed by atoms with Gasteiger partial charge in [0.25, 0.3) is 0 Å². The Morgan fingerprint density at radius 1 is 1.47 bits per heavy atom. The van der Waals surface area contributed by atoms with Crippen LogP contribution in [0.3, 0.4) is 0 Å². The molecule has 0 amide bonds. The predicted octanol–water partition coefficient (Wildman–Crippen LogP) is 3.51. The third-order valence-electron chi connectivity index (χ3n) is 3.98. The quantitative estimate of drug-likeness (QED) is 0.657. The van der Waals surface area contributed by atoms with Gasteiger partial charge in [0.2, 0.25) is 0 Å². The van der Waals surface area contributed by atoms with Gasteiger partial charge in [-0.15, -0.1) is 0 Å². The lowest BCUT2D eigenvalue weighted by Crippen LogP contribution is -2.37. The van der Waals surface area contributed by atoms with Gasteiger partial charge in [-0.25, -0.2) is 0 Å². The minimum atomic E-state index is 0.694. The van der Waals surface area contributed by atoms with Crippen LogP contribution < -0.4 is 5.32 Å². The monoisotopic (exact) mass is 207 g/mol. The van der Waals surface area contributed by atoms with Crippen LogP contribution in [0.15, 0.2) is 11.6 Å². The number of allylic oxidation sites excluding steroid dienone is 1. The van der Waals surface area contributed by atoms with Crippen molar-refractivity contribution in [2.24, 2.45) is 11.8 Å². The zero-order valence-corrected chi connectivity index (χ0v) is 10.3. The summed E-state index contributed by atoms with van der Waals surface area (Å²) < 4.78 is 0. The molecule has 1 N–H and O–H groups in total. The highest BCUT2D eigenvalue weighted by atomic mass is 14.9. The average Bonchev–Trinajstić information content (AvgIpc) is 2.97. The van der Waals surface area contributed by atoms with Gasteiger partial charge >= 0.3 is 0 Å². The standard InChI is InChI=1S/C14H25N/c1-3-10-15-14(11(2)12-8-9-12)13-6-4-5-7-13/h6,11-12,14-15H,3-5,7-10H2,1-2H3. The van der Waals surface area contributed by atoms with Crippen LogP contribution in [0.2, 0.25) is 0 Å². The minimum Gasteiger partial charge on any atom is -0.310 e. The summed E-state index contributed by atoms with van der Waals surface area (Å²) >= 11 is 0. The van der Waals surface area contributed by atoms with Crippen molar-refractivity contribution in [1.82, 2.24) is 5.32 Å². The number of nitrogens with one attached hydrogen (secondary N) is 1. The van der Waals surface area contributed by atoms with Gasteiger partial charge in [0.15, 0.2) is 0 Å². The van der Waals surface area contributed by atoms with Gasteiger partial charge in [-0.2, -0.15) is 0 Å². The normalized spacial score (nSPS) is 25.1. The molecule has 86 valence electrons. The second kappa shape index (κ2) is 5.16. The molecule has 15 heavy (non-hydrogen) atoms. The van der Waals surface area contributed by atoms with Crippen molar-refractivity contribution in [3.05, 3.63) is 11.6 Å². The van der Waals surface area contributed by atoms with Crippen molar-refractivity contribution in [3.63, 3.8) is 0 Å². The molecule has 0 heterocycles. The summed E-state index contributed by atoms with van der Waals surface area (Å²) in [7, 11) is 0. The Morgan fingerprint density at radius 3 is 2.80 bits per heavy atom. The topological polar surface area (TPSA) is 12.0 Å². The van der Waals surface area contributed by atoms with Gasteiger partial charge in [-0.1, -0.05) is 25.5 Å². The van der Waals surface area contributed by atoms with E-state index in [-0.39, 0.29) is 0 Å². The maximum atomic E-state index is 3.76. The Kier molecular flexibility index (Phi) is 3.85. The van der Waals surface area contributed by atoms with Gasteiger partial charge < -0.3 is 5.32 Å². The van der Waals surface area contributed by atoms with Crippen LogP contribution in [0, 0.1) is 11.8 Å². The average molecular weight is 207 g/mol. The first-order chi connectivity index (χ1) is 7.33. The van der Waals surface area contributed by atoms with E-state index < -0.39 is 0 Å². The van der Waals surface area contributed by atoms with Gasteiger partial charge in [0, 0.05) is 6.04 Å². The van der Waals surface area contributed by atoms with E-state index in [0.717, 1.165) is 11.8 Å². The molecule has 2 atom stereocenters. The third-order valence-corrected chi connectivity index (χ3v) is 3.98. The Labute approximate surface area is 94.3 Å². The maximum Gasteiger partial charge on any atom is 0.0307 e. The molecule has 0 bridgehead atoms. The van der Waals surface area contributed by atoms with Crippen molar-refractivity contribution < 1.29 is 0 Å². The van der Waals surface area contributed by atoms with Gasteiger partial charge in [-0.3, -0.25) is 0 Å². The van der Waals surface area contributed by atoms with E-state index in [0.29, 0.717) is 6.04 Å². The van der Waals surface area contributed by atoms with E-state index in [1.807, 2.05) is 0 Å². The first kappa shape index (κ1) is 11.2. The summed E-state index contributed by atoms with van der Waals surface area (Å²) in [5.74, 6) is 1.88. The molecule has 0 aromatic heterocycles. The Balaban J connectivity index is 1.94. The van der Waals surface area contributed by atoms with Gasteiger partial charge in [-0.05, 0) is 56.9 Å². The highest BCUT2D eigenvalue weighted by Gasteiger charge is 2.34. The molecule has 2 aliphatic rings. The summed E-state index contributed by atoms with van der Waals surface area (Å²) in [4.78, 5) is 0. The molecule has 1 fully saturated rings. The van der Waals surface area contributed by atoms with Crippen molar-refractivity contribution in [3.8, 4) is 0 Å². The zero-order chi connectivity index (χ0) is 10.7. The molecule has 1 heteroatoms. The molecule has 2 rings (SSSR count). The van der Waals surface area contributed by atoms with E-state index >= 15 is 0 Å². The Morgan fingerprint density at radius 2 is 2.27 bits per heavy atom. The van der Waals surface area contributed by atoms with E-state index in [2.05, 4.69) is 25.2 Å². The number of rotatable bonds is 6. The summed E-state index contributed by atoms with van der Waals surface area (Å²) in [6.45, 7) is 5.89. The van der Waals surface area contributed by atoms with Crippen LogP contribution in [0.4, 0.5) is 0 Å². The molecular weight excluding hydrogens is 182 g/mol. The van der Waals surface area contributed by atoms with E-state index in [4.69, 9.17) is 0 Å². The molecule has 0 aromatic carbocycles. The van der Waals surface area contributed by atoms with E-state index in [1.54, 1.807) is 5.57 Å². The number of hydrogen-bond donors (Lipinski definition) is 1. The smallest absolute Gasteiger partial charge is 0.0307 e. The molecule has 0 aromatic rings. The molecule has 0 aliphatic heterocycles. The van der Waals surface area contributed by atoms with Gasteiger partial charge in [0.05, 0.1) is 0 Å². The van der Waals surface area contributed by atoms with Crippen LogP contribution in [0.25, 0.3) is 0 Å². The van der Waals surface area contributed by atoms with Crippen LogP contribution in [0.1, 0.15) is 52.4 Å². The molecule has 0 radical (unpaired) electrons. The molecule has 2 aliphatic carbocycles. The molecule has 0 spiro atoms. The highest BCUT2D eigenvalue weighted by Crippen LogP contribution is 2.41. The van der Waals surface area contributed by atoms with Crippen LogP contribution in [-0.4, -0.2) is 12.6 Å².